The molecule has 1 heterocycles. The van der Waals surface area contributed by atoms with E-state index < -0.39 is 0 Å². The Morgan fingerprint density at radius 3 is 2.46 bits per heavy atom. The molecule has 0 atom stereocenters. The van der Waals surface area contributed by atoms with Crippen LogP contribution in [0.3, 0.4) is 0 Å². The van der Waals surface area contributed by atoms with E-state index in [2.05, 4.69) is 61.1 Å². The minimum absolute atomic E-state index is 0.0860. The molecule has 3 aromatic rings. The van der Waals surface area contributed by atoms with Gasteiger partial charge in [-0.3, -0.25) is 0 Å². The first-order chi connectivity index (χ1) is 11.3. The highest BCUT2D eigenvalue weighted by Crippen LogP contribution is 2.26. The van der Waals surface area contributed by atoms with Crippen molar-refractivity contribution in [2.45, 2.75) is 39.4 Å². The molecule has 1 aromatic heterocycles. The highest BCUT2D eigenvalue weighted by molar-refractivity contribution is 6.35. The molecule has 0 aliphatic carbocycles. The van der Waals surface area contributed by atoms with Crippen molar-refractivity contribution in [3.63, 3.8) is 0 Å². The van der Waals surface area contributed by atoms with Crippen LogP contribution in [0.5, 0.6) is 0 Å². The lowest BCUT2D eigenvalue weighted by Crippen LogP contribution is -2.34. The summed E-state index contributed by atoms with van der Waals surface area (Å²) in [7, 11) is 0. The molecule has 0 spiro atoms. The SMILES string of the molecule is CC(C)(C)NCc1cn(Cc2ccc(Cl)cc2Cl)c2ccccc12. The zero-order valence-corrected chi connectivity index (χ0v) is 15.7. The Kier molecular flexibility index (Phi) is 4.91. The van der Waals surface area contributed by atoms with Gasteiger partial charge in [0.15, 0.2) is 0 Å². The first-order valence-electron chi connectivity index (χ1n) is 8.09. The fraction of sp³-hybridized carbons (Fsp3) is 0.300. The van der Waals surface area contributed by atoms with Crippen LogP contribution in [0.1, 0.15) is 31.9 Å². The van der Waals surface area contributed by atoms with Crippen molar-refractivity contribution in [2.24, 2.45) is 0 Å². The smallest absolute Gasteiger partial charge is 0.0491 e. The number of aromatic nitrogens is 1. The van der Waals surface area contributed by atoms with Gasteiger partial charge in [0.25, 0.3) is 0 Å². The maximum atomic E-state index is 6.35. The Labute approximate surface area is 153 Å². The Bertz CT molecular complexity index is 860. The second-order valence-corrected chi connectivity index (χ2v) is 7.98. The van der Waals surface area contributed by atoms with Crippen molar-refractivity contribution < 1.29 is 0 Å². The van der Waals surface area contributed by atoms with E-state index in [4.69, 9.17) is 23.2 Å². The summed E-state index contributed by atoms with van der Waals surface area (Å²) in [5.41, 5.74) is 3.67. The minimum atomic E-state index is 0.0860. The van der Waals surface area contributed by atoms with E-state index in [0.717, 1.165) is 18.7 Å². The molecule has 0 saturated heterocycles. The van der Waals surface area contributed by atoms with Crippen LogP contribution in [0.4, 0.5) is 0 Å². The molecular weight excluding hydrogens is 339 g/mol. The summed E-state index contributed by atoms with van der Waals surface area (Å²) in [6.45, 7) is 8.11. The normalized spacial score (nSPS) is 12.0. The summed E-state index contributed by atoms with van der Waals surface area (Å²) in [5, 5.41) is 6.21. The van der Waals surface area contributed by atoms with Gasteiger partial charge in [-0.1, -0.05) is 47.5 Å². The average Bonchev–Trinajstić information content (AvgIpc) is 2.86. The Hall–Kier alpha value is -1.48. The lowest BCUT2D eigenvalue weighted by atomic mass is 10.1. The number of fused-ring (bicyclic) bond motifs is 1. The van der Waals surface area contributed by atoms with E-state index in [0.29, 0.717) is 10.0 Å². The summed E-state index contributed by atoms with van der Waals surface area (Å²) >= 11 is 12.4. The molecular formula is C20H22Cl2N2. The van der Waals surface area contributed by atoms with E-state index in [1.165, 1.54) is 16.5 Å². The molecule has 0 fully saturated rings. The van der Waals surface area contributed by atoms with Gasteiger partial charge >= 0.3 is 0 Å². The Balaban J connectivity index is 1.96. The standard InChI is InChI=1S/C20H22Cl2N2/c1-20(2,3)23-11-15-13-24(19-7-5-4-6-17(15)19)12-14-8-9-16(21)10-18(14)22/h4-10,13,23H,11-12H2,1-3H3. The highest BCUT2D eigenvalue weighted by atomic mass is 35.5. The summed E-state index contributed by atoms with van der Waals surface area (Å²) in [6, 6.07) is 14.2. The van der Waals surface area contributed by atoms with Gasteiger partial charge in [-0.05, 0) is 50.1 Å². The van der Waals surface area contributed by atoms with Gasteiger partial charge in [-0.15, -0.1) is 0 Å². The Morgan fingerprint density at radius 2 is 1.75 bits per heavy atom. The van der Waals surface area contributed by atoms with Gasteiger partial charge in [0.1, 0.15) is 0 Å². The van der Waals surface area contributed by atoms with Crippen LogP contribution in [-0.2, 0) is 13.1 Å². The van der Waals surface area contributed by atoms with Crippen molar-refractivity contribution in [1.82, 2.24) is 9.88 Å². The van der Waals surface area contributed by atoms with E-state index in [1.54, 1.807) is 6.07 Å². The molecule has 0 bridgehead atoms. The first kappa shape index (κ1) is 17.3. The predicted octanol–water partition coefficient (Wildman–Crippen LogP) is 5.88. The number of nitrogens with one attached hydrogen (secondary N) is 1. The van der Waals surface area contributed by atoms with Crippen LogP contribution >= 0.6 is 23.2 Å². The number of hydrogen-bond acceptors (Lipinski definition) is 1. The third-order valence-electron chi connectivity index (χ3n) is 4.04. The molecule has 2 nitrogen and oxygen atoms in total. The third kappa shape index (κ3) is 3.94. The maximum absolute atomic E-state index is 6.35. The van der Waals surface area contributed by atoms with Crippen molar-refractivity contribution in [3.05, 3.63) is 69.8 Å². The minimum Gasteiger partial charge on any atom is -0.343 e. The molecule has 0 aliphatic heterocycles. The fourth-order valence-corrected chi connectivity index (χ4v) is 3.26. The lowest BCUT2D eigenvalue weighted by Gasteiger charge is -2.20. The molecule has 0 unspecified atom stereocenters. The van der Waals surface area contributed by atoms with Gasteiger partial charge in [-0.2, -0.15) is 0 Å². The molecule has 0 aliphatic rings. The van der Waals surface area contributed by atoms with Crippen LogP contribution in [0.25, 0.3) is 10.9 Å². The zero-order valence-electron chi connectivity index (χ0n) is 14.2. The summed E-state index contributed by atoms with van der Waals surface area (Å²) in [5.74, 6) is 0. The van der Waals surface area contributed by atoms with Gasteiger partial charge in [0.05, 0.1) is 0 Å². The summed E-state index contributed by atoms with van der Waals surface area (Å²) in [6.07, 6.45) is 2.22. The summed E-state index contributed by atoms with van der Waals surface area (Å²) < 4.78 is 2.25. The number of rotatable bonds is 4. The van der Waals surface area contributed by atoms with Crippen molar-refractivity contribution >= 4 is 34.1 Å². The molecule has 126 valence electrons. The van der Waals surface area contributed by atoms with Crippen LogP contribution < -0.4 is 5.32 Å². The van der Waals surface area contributed by atoms with Crippen LogP contribution in [-0.4, -0.2) is 10.1 Å². The summed E-state index contributed by atoms with van der Waals surface area (Å²) in [4.78, 5) is 0. The topological polar surface area (TPSA) is 17.0 Å². The number of benzene rings is 2. The molecule has 0 amide bonds. The number of nitrogens with zero attached hydrogens (tertiary/aromatic N) is 1. The van der Waals surface area contributed by atoms with Crippen LogP contribution in [0.15, 0.2) is 48.7 Å². The van der Waals surface area contributed by atoms with Gasteiger partial charge in [0, 0.05) is 45.8 Å². The molecule has 0 saturated carbocycles. The monoisotopic (exact) mass is 360 g/mol. The maximum Gasteiger partial charge on any atom is 0.0491 e. The second-order valence-electron chi connectivity index (χ2n) is 7.14. The van der Waals surface area contributed by atoms with E-state index in [9.17, 15) is 0 Å². The van der Waals surface area contributed by atoms with Crippen molar-refractivity contribution in [1.29, 1.82) is 0 Å². The quantitative estimate of drug-likeness (QED) is 0.614. The van der Waals surface area contributed by atoms with Gasteiger partial charge < -0.3 is 9.88 Å². The molecule has 3 rings (SSSR count). The first-order valence-corrected chi connectivity index (χ1v) is 8.85. The van der Waals surface area contributed by atoms with E-state index in [1.807, 2.05) is 12.1 Å². The lowest BCUT2D eigenvalue weighted by molar-refractivity contribution is 0.425. The number of para-hydroxylation sites is 1. The van der Waals surface area contributed by atoms with E-state index in [-0.39, 0.29) is 5.54 Å². The average molecular weight is 361 g/mol. The number of halogens is 2. The van der Waals surface area contributed by atoms with Gasteiger partial charge in [-0.25, -0.2) is 0 Å². The highest BCUT2D eigenvalue weighted by Gasteiger charge is 2.13. The molecule has 1 N–H and O–H groups in total. The molecule has 0 radical (unpaired) electrons. The molecule has 4 heteroatoms. The largest absolute Gasteiger partial charge is 0.343 e. The predicted molar refractivity (Wildman–Crippen MR) is 104 cm³/mol. The van der Waals surface area contributed by atoms with Crippen molar-refractivity contribution in [2.75, 3.05) is 0 Å². The third-order valence-corrected chi connectivity index (χ3v) is 4.62. The molecule has 24 heavy (non-hydrogen) atoms. The van der Waals surface area contributed by atoms with E-state index >= 15 is 0 Å². The van der Waals surface area contributed by atoms with Gasteiger partial charge in [0.2, 0.25) is 0 Å². The second kappa shape index (κ2) is 6.79. The van der Waals surface area contributed by atoms with Crippen molar-refractivity contribution in [3.8, 4) is 0 Å². The molecule has 2 aromatic carbocycles. The number of hydrogen-bond donors (Lipinski definition) is 1. The van der Waals surface area contributed by atoms with Crippen LogP contribution in [0, 0.1) is 0 Å². The van der Waals surface area contributed by atoms with Crippen LogP contribution in [0.2, 0.25) is 10.0 Å². The zero-order chi connectivity index (χ0) is 17.3. The Morgan fingerprint density at radius 1 is 1.00 bits per heavy atom. The fourth-order valence-electron chi connectivity index (χ4n) is 2.79.